The third-order valence-electron chi connectivity index (χ3n) is 2.65. The summed E-state index contributed by atoms with van der Waals surface area (Å²) in [5.41, 5.74) is 8.17. The second-order valence-corrected chi connectivity index (χ2v) is 3.61. The molecule has 1 heterocycles. The molecule has 3 heteroatoms. The number of aromatic hydroxyl groups is 1. The summed E-state index contributed by atoms with van der Waals surface area (Å²) in [5.74, 6) is 1.01. The highest BCUT2D eigenvalue weighted by molar-refractivity contribution is 5.48. The van der Waals surface area contributed by atoms with Crippen molar-refractivity contribution in [3.8, 4) is 11.5 Å². The first-order valence-corrected chi connectivity index (χ1v) is 4.96. The van der Waals surface area contributed by atoms with Gasteiger partial charge in [-0.1, -0.05) is 6.92 Å². The minimum absolute atomic E-state index is 0.0503. The summed E-state index contributed by atoms with van der Waals surface area (Å²) in [4.78, 5) is 0. The van der Waals surface area contributed by atoms with Gasteiger partial charge >= 0.3 is 0 Å². The van der Waals surface area contributed by atoms with Crippen LogP contribution in [0.2, 0.25) is 0 Å². The van der Waals surface area contributed by atoms with Gasteiger partial charge in [-0.3, -0.25) is 0 Å². The van der Waals surface area contributed by atoms with E-state index in [0.717, 1.165) is 29.7 Å². The van der Waals surface area contributed by atoms with Gasteiger partial charge in [-0.2, -0.15) is 0 Å². The molecule has 0 fully saturated rings. The first-order chi connectivity index (χ1) is 6.72. The van der Waals surface area contributed by atoms with E-state index in [-0.39, 0.29) is 11.8 Å². The summed E-state index contributed by atoms with van der Waals surface area (Å²) in [6.07, 6.45) is 1.72. The van der Waals surface area contributed by atoms with Crippen molar-refractivity contribution in [2.24, 2.45) is 5.73 Å². The van der Waals surface area contributed by atoms with Gasteiger partial charge in [-0.05, 0) is 18.1 Å². The van der Waals surface area contributed by atoms with Gasteiger partial charge in [0.15, 0.2) is 0 Å². The van der Waals surface area contributed by atoms with Crippen LogP contribution in [0.4, 0.5) is 0 Å². The lowest BCUT2D eigenvalue weighted by Crippen LogP contribution is -2.22. The molecule has 0 aromatic heterocycles. The van der Waals surface area contributed by atoms with Crippen molar-refractivity contribution in [3.05, 3.63) is 23.3 Å². The van der Waals surface area contributed by atoms with E-state index in [1.165, 1.54) is 0 Å². The number of aryl methyl sites for hydroxylation is 1. The summed E-state index contributed by atoms with van der Waals surface area (Å²) >= 11 is 0. The Morgan fingerprint density at radius 1 is 1.57 bits per heavy atom. The summed E-state index contributed by atoms with van der Waals surface area (Å²) in [5, 5.41) is 9.47. The Bertz CT molecular complexity index is 332. The van der Waals surface area contributed by atoms with Crippen LogP contribution in [-0.4, -0.2) is 11.7 Å². The molecule has 1 aliphatic rings. The van der Waals surface area contributed by atoms with E-state index in [2.05, 4.69) is 6.92 Å². The average Bonchev–Trinajstić information content (AvgIpc) is 2.16. The van der Waals surface area contributed by atoms with E-state index in [9.17, 15) is 5.11 Å². The van der Waals surface area contributed by atoms with Crippen LogP contribution in [0, 0.1) is 0 Å². The molecular formula is C11H15NO2. The molecule has 0 amide bonds. The monoisotopic (exact) mass is 193 g/mol. The molecule has 2 rings (SSSR count). The number of benzene rings is 1. The van der Waals surface area contributed by atoms with Crippen LogP contribution in [0.15, 0.2) is 12.1 Å². The van der Waals surface area contributed by atoms with Crippen molar-refractivity contribution < 1.29 is 9.84 Å². The smallest absolute Gasteiger partial charge is 0.128 e. The number of hydrogen-bond acceptors (Lipinski definition) is 3. The molecule has 3 N–H and O–H groups in total. The molecule has 0 aliphatic carbocycles. The summed E-state index contributed by atoms with van der Waals surface area (Å²) < 4.78 is 5.48. The lowest BCUT2D eigenvalue weighted by molar-refractivity contribution is 0.266. The zero-order chi connectivity index (χ0) is 10.1. The number of phenolic OH excluding ortho intramolecular Hbond substituents is 1. The Kier molecular flexibility index (Phi) is 2.33. The SMILES string of the molecule is CCc1cc(O)cc2c1C(N)CCO2. The van der Waals surface area contributed by atoms with Crippen molar-refractivity contribution in [2.75, 3.05) is 6.61 Å². The number of rotatable bonds is 1. The number of fused-ring (bicyclic) bond motifs is 1. The Balaban J connectivity index is 2.55. The van der Waals surface area contributed by atoms with Gasteiger partial charge in [0.1, 0.15) is 11.5 Å². The number of hydrogen-bond donors (Lipinski definition) is 2. The van der Waals surface area contributed by atoms with Crippen LogP contribution < -0.4 is 10.5 Å². The third-order valence-corrected chi connectivity index (χ3v) is 2.65. The van der Waals surface area contributed by atoms with Gasteiger partial charge in [0.2, 0.25) is 0 Å². The molecule has 3 nitrogen and oxygen atoms in total. The van der Waals surface area contributed by atoms with Crippen molar-refractivity contribution in [1.29, 1.82) is 0 Å². The molecule has 14 heavy (non-hydrogen) atoms. The van der Waals surface area contributed by atoms with Crippen molar-refractivity contribution in [1.82, 2.24) is 0 Å². The Labute approximate surface area is 83.5 Å². The molecule has 1 aromatic carbocycles. The summed E-state index contributed by atoms with van der Waals surface area (Å²) in [7, 11) is 0. The fourth-order valence-corrected chi connectivity index (χ4v) is 1.94. The number of nitrogens with two attached hydrogens (primary N) is 1. The van der Waals surface area contributed by atoms with Gasteiger partial charge < -0.3 is 15.6 Å². The molecule has 0 radical (unpaired) electrons. The maximum absolute atomic E-state index is 9.47. The zero-order valence-corrected chi connectivity index (χ0v) is 8.29. The van der Waals surface area contributed by atoms with E-state index < -0.39 is 0 Å². The second kappa shape index (κ2) is 3.50. The predicted molar refractivity (Wildman–Crippen MR) is 54.5 cm³/mol. The normalized spacial score (nSPS) is 20.0. The lowest BCUT2D eigenvalue weighted by Gasteiger charge is -2.25. The fraction of sp³-hybridized carbons (Fsp3) is 0.455. The quantitative estimate of drug-likeness (QED) is 0.714. The summed E-state index contributed by atoms with van der Waals surface area (Å²) in [6, 6.07) is 3.47. The number of ether oxygens (including phenoxy) is 1. The van der Waals surface area contributed by atoms with Crippen molar-refractivity contribution >= 4 is 0 Å². The lowest BCUT2D eigenvalue weighted by atomic mass is 9.94. The molecule has 0 spiro atoms. The highest BCUT2D eigenvalue weighted by atomic mass is 16.5. The van der Waals surface area contributed by atoms with E-state index in [1.807, 2.05) is 0 Å². The van der Waals surface area contributed by atoms with Crippen LogP contribution in [0.25, 0.3) is 0 Å². The van der Waals surface area contributed by atoms with E-state index >= 15 is 0 Å². The number of phenols is 1. The van der Waals surface area contributed by atoms with Gasteiger partial charge in [0.05, 0.1) is 6.61 Å². The van der Waals surface area contributed by atoms with E-state index in [0.29, 0.717) is 6.61 Å². The van der Waals surface area contributed by atoms with Crippen LogP contribution in [-0.2, 0) is 6.42 Å². The van der Waals surface area contributed by atoms with Gasteiger partial charge in [0, 0.05) is 24.1 Å². The molecule has 76 valence electrons. The second-order valence-electron chi connectivity index (χ2n) is 3.61. The van der Waals surface area contributed by atoms with Crippen LogP contribution in [0.1, 0.15) is 30.5 Å². The summed E-state index contributed by atoms with van der Waals surface area (Å²) in [6.45, 7) is 2.69. The van der Waals surface area contributed by atoms with Crippen molar-refractivity contribution in [3.63, 3.8) is 0 Å². The van der Waals surface area contributed by atoms with Gasteiger partial charge in [-0.25, -0.2) is 0 Å². The molecule has 1 aromatic rings. The highest BCUT2D eigenvalue weighted by Gasteiger charge is 2.21. The molecule has 0 bridgehead atoms. The first-order valence-electron chi connectivity index (χ1n) is 4.96. The van der Waals surface area contributed by atoms with Gasteiger partial charge in [-0.15, -0.1) is 0 Å². The van der Waals surface area contributed by atoms with Crippen molar-refractivity contribution in [2.45, 2.75) is 25.8 Å². The first kappa shape index (κ1) is 9.34. The zero-order valence-electron chi connectivity index (χ0n) is 8.29. The van der Waals surface area contributed by atoms with Crippen LogP contribution in [0.3, 0.4) is 0 Å². The molecule has 1 aliphatic heterocycles. The predicted octanol–water partition coefficient (Wildman–Crippen LogP) is 1.74. The fourth-order valence-electron chi connectivity index (χ4n) is 1.94. The van der Waals surface area contributed by atoms with Crippen LogP contribution in [0.5, 0.6) is 11.5 Å². The molecule has 0 saturated heterocycles. The maximum Gasteiger partial charge on any atom is 0.128 e. The molecule has 1 atom stereocenters. The maximum atomic E-state index is 9.47. The van der Waals surface area contributed by atoms with Crippen LogP contribution >= 0.6 is 0 Å². The van der Waals surface area contributed by atoms with Gasteiger partial charge in [0.25, 0.3) is 0 Å². The topological polar surface area (TPSA) is 55.5 Å². The minimum atomic E-state index is 0.0503. The Morgan fingerprint density at radius 3 is 3.07 bits per heavy atom. The third kappa shape index (κ3) is 1.44. The standard InChI is InChI=1S/C11H15NO2/c1-2-7-5-8(13)6-10-11(7)9(12)3-4-14-10/h5-6,9,13H,2-4,12H2,1H3. The highest BCUT2D eigenvalue weighted by Crippen LogP contribution is 2.36. The Hall–Kier alpha value is -1.22. The molecule has 1 unspecified atom stereocenters. The van der Waals surface area contributed by atoms with E-state index in [4.69, 9.17) is 10.5 Å². The largest absolute Gasteiger partial charge is 0.508 e. The average molecular weight is 193 g/mol. The Morgan fingerprint density at radius 2 is 2.36 bits per heavy atom. The molecular weight excluding hydrogens is 178 g/mol. The van der Waals surface area contributed by atoms with E-state index in [1.54, 1.807) is 12.1 Å². The molecule has 0 saturated carbocycles. The minimum Gasteiger partial charge on any atom is -0.508 e.